The Kier molecular flexibility index (Phi) is 25.9. The van der Waals surface area contributed by atoms with E-state index in [1.165, 1.54) is 0 Å². The molecule has 0 aromatic carbocycles. The van der Waals surface area contributed by atoms with Crippen molar-refractivity contribution < 1.29 is 59.2 Å². The number of hydrogen-bond donors (Lipinski definition) is 9. The van der Waals surface area contributed by atoms with Crippen molar-refractivity contribution in [2.75, 3.05) is 39.6 Å². The van der Waals surface area contributed by atoms with E-state index in [9.17, 15) is 29.7 Å². The molecule has 0 fully saturated rings. The molecule has 0 saturated carbocycles. The molecule has 0 aromatic heterocycles. The minimum atomic E-state index is -1.91. The van der Waals surface area contributed by atoms with Crippen molar-refractivity contribution in [3.05, 3.63) is 0 Å². The first-order valence-corrected chi connectivity index (χ1v) is 9.93. The number of carboxylic acids is 3. The smallest absolute Gasteiger partial charge is 0.545 e. The fourth-order valence-electron chi connectivity index (χ4n) is 0.741. The molecule has 0 aliphatic carbocycles. The zero-order chi connectivity index (χ0) is 24.6. The molecule has 0 amide bonds. The second-order valence-corrected chi connectivity index (χ2v) is 9.24. The minimum Gasteiger partial charge on any atom is -0.545 e. The van der Waals surface area contributed by atoms with E-state index in [1.807, 2.05) is 0 Å². The van der Waals surface area contributed by atoms with Gasteiger partial charge in [0.1, 0.15) is 0 Å². The number of rotatable bonds is 12. The summed E-state index contributed by atoms with van der Waals surface area (Å²) in [6.45, 7) is -1.26. The first-order chi connectivity index (χ1) is 13.5. The largest absolute Gasteiger partial charge is 3.00 e. The van der Waals surface area contributed by atoms with Crippen LogP contribution in [0.3, 0.4) is 0 Å². The number of aliphatic hydroxyl groups excluding tert-OH is 3. The molecule has 3 N–H and O–H groups in total. The summed E-state index contributed by atoms with van der Waals surface area (Å²) >= 11 is 20.9. The molecular weight excluding hydrogens is 650 g/mol. The molecule has 19 heteroatoms. The molecular formula is C12H21O12S6Sb. The van der Waals surface area contributed by atoms with Crippen LogP contribution in [-0.2, 0) is 28.6 Å². The van der Waals surface area contributed by atoms with E-state index in [0.717, 1.165) is 0 Å². The second kappa shape index (κ2) is 20.5. The number of carbonyl (C=O) groups is 3. The molecule has 0 aliphatic rings. The van der Waals surface area contributed by atoms with E-state index in [0.29, 0.717) is 0 Å². The van der Waals surface area contributed by atoms with Crippen molar-refractivity contribution in [1.82, 2.24) is 0 Å². The number of carbonyl (C=O) groups excluding carboxylic acids is 3. The maximum Gasteiger partial charge on any atom is 3.00 e. The predicted molar refractivity (Wildman–Crippen MR) is 122 cm³/mol. The molecule has 0 aromatic rings. The zero-order valence-corrected chi connectivity index (χ0v) is 23.3. The summed E-state index contributed by atoms with van der Waals surface area (Å²) in [5.41, 5.74) is 0. The Morgan fingerprint density at radius 3 is 0.839 bits per heavy atom. The molecule has 0 saturated heterocycles. The maximum absolute atomic E-state index is 10.1. The van der Waals surface area contributed by atoms with Crippen LogP contribution < -0.4 is 15.3 Å². The van der Waals surface area contributed by atoms with Crippen molar-refractivity contribution in [3.8, 4) is 0 Å². The van der Waals surface area contributed by atoms with Crippen LogP contribution in [-0.4, -0.2) is 110 Å². The van der Waals surface area contributed by atoms with Crippen molar-refractivity contribution in [3.63, 3.8) is 0 Å². The van der Waals surface area contributed by atoms with Crippen LogP contribution in [0.15, 0.2) is 0 Å². The summed E-state index contributed by atoms with van der Waals surface area (Å²) in [5.74, 6) is -4.65. The van der Waals surface area contributed by atoms with E-state index in [4.69, 9.17) is 15.3 Å². The van der Waals surface area contributed by atoms with Gasteiger partial charge in [-0.05, 0) is 0 Å². The summed E-state index contributed by atoms with van der Waals surface area (Å²) in [4.78, 5) is 30.2. The van der Waals surface area contributed by atoms with Gasteiger partial charge in [0.2, 0.25) is 0 Å². The standard InChI is InChI=1S/3C4H8O4S2.Sb/c3*5-1-2-8-4(9,10)3(6)7;/h3*5,9-10H,1-2H2,(H,6,7);/q;;;+3/p-3. The van der Waals surface area contributed by atoms with Gasteiger partial charge in [-0.3, -0.25) is 0 Å². The third kappa shape index (κ3) is 22.6. The molecule has 0 spiro atoms. The fourth-order valence-corrected chi connectivity index (χ4v) is 1.29. The van der Waals surface area contributed by atoms with Crippen LogP contribution in [0, 0.1) is 0 Å². The summed E-state index contributed by atoms with van der Waals surface area (Å²) in [6, 6.07) is 0. The average Bonchev–Trinajstić information content (AvgIpc) is 2.63. The fraction of sp³-hybridized carbons (Fsp3) is 0.750. The average molecular weight is 671 g/mol. The van der Waals surface area contributed by atoms with E-state index in [1.54, 1.807) is 0 Å². The summed E-state index contributed by atoms with van der Waals surface area (Å²) < 4.78 is 7.63. The van der Waals surface area contributed by atoms with Crippen LogP contribution in [0.5, 0.6) is 0 Å². The van der Waals surface area contributed by atoms with Crippen molar-refractivity contribution in [2.45, 2.75) is 12.8 Å². The van der Waals surface area contributed by atoms with Crippen LogP contribution >= 0.6 is 75.8 Å². The molecule has 0 bridgehead atoms. The Balaban J connectivity index is -0.000000174. The molecule has 0 heterocycles. The van der Waals surface area contributed by atoms with Gasteiger partial charge in [0.25, 0.3) is 0 Å². The van der Waals surface area contributed by atoms with Crippen LogP contribution in [0.2, 0.25) is 0 Å². The number of carboxylic acid groups (broad SMARTS) is 3. The van der Waals surface area contributed by atoms with E-state index >= 15 is 0 Å². The van der Waals surface area contributed by atoms with E-state index in [2.05, 4.69) is 90.0 Å². The van der Waals surface area contributed by atoms with Crippen molar-refractivity contribution in [2.24, 2.45) is 0 Å². The van der Waals surface area contributed by atoms with Gasteiger partial charge in [0, 0.05) is 0 Å². The monoisotopic (exact) mass is 670 g/mol. The molecule has 12 nitrogen and oxygen atoms in total. The second-order valence-electron chi connectivity index (χ2n) is 4.40. The maximum atomic E-state index is 10.1. The Labute approximate surface area is 228 Å². The first kappa shape index (κ1) is 39.3. The summed E-state index contributed by atoms with van der Waals surface area (Å²) in [5, 5.41) is 54.8. The summed E-state index contributed by atoms with van der Waals surface area (Å²) in [7, 11) is 0. The molecule has 182 valence electrons. The van der Waals surface area contributed by atoms with Gasteiger partial charge < -0.3 is 59.2 Å². The molecule has 0 rings (SSSR count). The van der Waals surface area contributed by atoms with Crippen LogP contribution in [0.1, 0.15) is 0 Å². The quantitative estimate of drug-likeness (QED) is 0.0541. The molecule has 31 heavy (non-hydrogen) atoms. The Morgan fingerprint density at radius 1 is 0.581 bits per heavy atom. The predicted octanol–water partition coefficient (Wildman–Crippen LogP) is -5.60. The molecule has 0 aliphatic heterocycles. The minimum absolute atomic E-state index is 0. The first-order valence-electron chi connectivity index (χ1n) is 7.24. The topological polar surface area (TPSA) is 209 Å². The molecule has 0 unspecified atom stereocenters. The van der Waals surface area contributed by atoms with E-state index < -0.39 is 30.7 Å². The molecule has 2 radical (unpaired) electrons. The van der Waals surface area contributed by atoms with Crippen LogP contribution in [0.25, 0.3) is 0 Å². The number of aliphatic hydroxyl groups is 3. The van der Waals surface area contributed by atoms with Crippen LogP contribution in [0.4, 0.5) is 0 Å². The van der Waals surface area contributed by atoms with Gasteiger partial charge in [-0.2, -0.15) is 0 Å². The van der Waals surface area contributed by atoms with Crippen molar-refractivity contribution >= 4 is 118 Å². The Hall–Kier alpha value is 1.09. The number of ether oxygens (including phenoxy) is 3. The third-order valence-electron chi connectivity index (χ3n) is 1.98. The van der Waals surface area contributed by atoms with Gasteiger partial charge in [-0.15, -0.1) is 75.8 Å². The zero-order valence-electron chi connectivity index (χ0n) is 15.4. The summed E-state index contributed by atoms with van der Waals surface area (Å²) in [6.07, 6.45) is 0. The Bertz CT molecular complexity index is 451. The van der Waals surface area contributed by atoms with E-state index in [-0.39, 0.29) is 64.1 Å². The number of hydrogen-bond acceptors (Lipinski definition) is 18. The number of aliphatic carboxylic acids is 3. The third-order valence-corrected chi connectivity index (χ3v) is 3.85. The van der Waals surface area contributed by atoms with Gasteiger partial charge in [-0.25, -0.2) is 0 Å². The van der Waals surface area contributed by atoms with Gasteiger partial charge >= 0.3 is 24.4 Å². The molecule has 0 atom stereocenters. The number of thiol groups is 6. The van der Waals surface area contributed by atoms with Gasteiger partial charge in [0.15, 0.2) is 12.8 Å². The normalized spacial score (nSPS) is 11.1. The Morgan fingerprint density at radius 2 is 0.742 bits per heavy atom. The SMILES string of the molecule is O=C([O-])C(S)(S)OCCO.O=C([O-])C(S)(S)OCCO.O=C([O-])C(S)(S)OCCO.[Sb+3]. The van der Waals surface area contributed by atoms with Crippen molar-refractivity contribution in [1.29, 1.82) is 0 Å². The van der Waals surface area contributed by atoms with Gasteiger partial charge in [0.05, 0.1) is 57.5 Å². The van der Waals surface area contributed by atoms with Gasteiger partial charge in [-0.1, -0.05) is 0 Å².